The first-order chi connectivity index (χ1) is 8.36. The third-order valence-electron chi connectivity index (χ3n) is 2.17. The molecule has 2 nitrogen and oxygen atoms in total. The fourth-order valence-electron chi connectivity index (χ4n) is 1.26. The highest BCUT2D eigenvalue weighted by Crippen LogP contribution is 2.09. The monoisotopic (exact) mass is 226 g/mol. The van der Waals surface area contributed by atoms with Gasteiger partial charge in [-0.15, -0.1) is 0 Å². The predicted octanol–water partition coefficient (Wildman–Crippen LogP) is 3.55. The Morgan fingerprint density at radius 3 is 2.24 bits per heavy atom. The molecule has 0 atom stereocenters. The van der Waals surface area contributed by atoms with Gasteiger partial charge in [0.25, 0.3) is 0 Å². The van der Waals surface area contributed by atoms with Crippen LogP contribution in [0.4, 0.5) is 5.69 Å². The average molecular weight is 226 g/mol. The molecular formula is C15H18N2. The Kier molecular flexibility index (Phi) is 6.19. The van der Waals surface area contributed by atoms with Crippen LogP contribution in [0, 0.1) is 0 Å². The molecule has 0 amide bonds. The Hall–Kier alpha value is -2.09. The minimum Gasteiger partial charge on any atom is -0.388 e. The molecule has 0 aliphatic rings. The van der Waals surface area contributed by atoms with Crippen LogP contribution in [0.1, 0.15) is 5.56 Å². The topological polar surface area (TPSA) is 24.4 Å². The van der Waals surface area contributed by atoms with Crippen LogP contribution < -0.4 is 5.32 Å². The second-order valence-corrected chi connectivity index (χ2v) is 3.41. The van der Waals surface area contributed by atoms with Crippen molar-refractivity contribution >= 4 is 18.0 Å². The van der Waals surface area contributed by atoms with Gasteiger partial charge in [-0.25, -0.2) is 0 Å². The fraction of sp³-hybridized carbons (Fsp3) is 0.133. The number of rotatable bonds is 5. The molecule has 0 saturated heterocycles. The maximum Gasteiger partial charge on any atom is 0.0337 e. The van der Waals surface area contributed by atoms with Crippen molar-refractivity contribution in [2.24, 2.45) is 4.99 Å². The van der Waals surface area contributed by atoms with Crippen molar-refractivity contribution in [1.29, 1.82) is 0 Å². The van der Waals surface area contributed by atoms with E-state index in [0.717, 1.165) is 5.69 Å². The van der Waals surface area contributed by atoms with Crippen molar-refractivity contribution in [2.75, 3.05) is 19.4 Å². The second-order valence-electron chi connectivity index (χ2n) is 3.41. The summed E-state index contributed by atoms with van der Waals surface area (Å²) in [5.41, 5.74) is 2.31. The maximum atomic E-state index is 3.85. The highest BCUT2D eigenvalue weighted by Gasteiger charge is 1.86. The number of anilines is 1. The van der Waals surface area contributed by atoms with Gasteiger partial charge in [-0.05, 0) is 23.8 Å². The summed E-state index contributed by atoms with van der Waals surface area (Å²) in [5, 5.41) is 3.09. The van der Waals surface area contributed by atoms with E-state index in [1.54, 1.807) is 13.3 Å². The average Bonchev–Trinajstić information content (AvgIpc) is 2.38. The summed E-state index contributed by atoms with van der Waals surface area (Å²) in [4.78, 5) is 3.85. The van der Waals surface area contributed by atoms with Crippen LogP contribution in [-0.2, 0) is 0 Å². The standard InChI is InChI=1S/C15H18N2/c1-16-13-7-5-3-4-6-8-14-9-11-15(17-2)12-10-14/h3-13,17H,1-2H3/b4-3+,7-5-,8-6+,16-13+. The van der Waals surface area contributed by atoms with Crippen LogP contribution in [0.25, 0.3) is 6.08 Å². The van der Waals surface area contributed by atoms with E-state index in [1.165, 1.54) is 5.56 Å². The highest BCUT2D eigenvalue weighted by atomic mass is 14.8. The molecule has 0 bridgehead atoms. The van der Waals surface area contributed by atoms with Crippen molar-refractivity contribution in [3.63, 3.8) is 0 Å². The van der Waals surface area contributed by atoms with Crippen LogP contribution in [0.5, 0.6) is 0 Å². The molecule has 1 aromatic carbocycles. The van der Waals surface area contributed by atoms with Crippen LogP contribution in [0.2, 0.25) is 0 Å². The molecule has 0 aliphatic carbocycles. The van der Waals surface area contributed by atoms with Gasteiger partial charge in [0.15, 0.2) is 0 Å². The number of allylic oxidation sites excluding steroid dienone is 5. The van der Waals surface area contributed by atoms with E-state index in [9.17, 15) is 0 Å². The molecule has 2 heteroatoms. The Labute approximate surface area is 103 Å². The van der Waals surface area contributed by atoms with Crippen molar-refractivity contribution in [2.45, 2.75) is 0 Å². The zero-order valence-corrected chi connectivity index (χ0v) is 10.3. The summed E-state index contributed by atoms with van der Waals surface area (Å²) >= 11 is 0. The lowest BCUT2D eigenvalue weighted by molar-refractivity contribution is 1.48. The Bertz CT molecular complexity index is 423. The number of benzene rings is 1. The number of hydrogen-bond acceptors (Lipinski definition) is 2. The number of aliphatic imine (C=N–C) groups is 1. The Morgan fingerprint density at radius 2 is 1.59 bits per heavy atom. The van der Waals surface area contributed by atoms with Gasteiger partial charge in [-0.1, -0.05) is 42.5 Å². The third-order valence-corrected chi connectivity index (χ3v) is 2.17. The van der Waals surface area contributed by atoms with Gasteiger partial charge in [0.1, 0.15) is 0 Å². The van der Waals surface area contributed by atoms with E-state index in [2.05, 4.69) is 40.7 Å². The molecule has 0 aliphatic heterocycles. The molecular weight excluding hydrogens is 208 g/mol. The first-order valence-electron chi connectivity index (χ1n) is 5.57. The summed E-state index contributed by atoms with van der Waals surface area (Å²) in [6.07, 6.45) is 13.6. The zero-order valence-electron chi connectivity index (χ0n) is 10.3. The summed E-state index contributed by atoms with van der Waals surface area (Å²) in [7, 11) is 3.67. The van der Waals surface area contributed by atoms with Gasteiger partial charge >= 0.3 is 0 Å². The van der Waals surface area contributed by atoms with Crippen molar-refractivity contribution in [3.8, 4) is 0 Å². The van der Waals surface area contributed by atoms with Crippen molar-refractivity contribution in [3.05, 3.63) is 60.2 Å². The molecule has 1 N–H and O–H groups in total. The van der Waals surface area contributed by atoms with Crippen molar-refractivity contribution in [1.82, 2.24) is 0 Å². The lowest BCUT2D eigenvalue weighted by atomic mass is 10.2. The van der Waals surface area contributed by atoms with Gasteiger partial charge in [0.2, 0.25) is 0 Å². The molecule has 0 aromatic heterocycles. The zero-order chi connectivity index (χ0) is 12.3. The maximum absolute atomic E-state index is 3.85. The van der Waals surface area contributed by atoms with E-state index in [1.807, 2.05) is 37.4 Å². The lowest BCUT2D eigenvalue weighted by Crippen LogP contribution is -1.86. The summed E-state index contributed by atoms with van der Waals surface area (Å²) in [6, 6.07) is 8.27. The SMILES string of the molecule is C/N=C/C=C\C=C\C=C\c1ccc(NC)cc1. The van der Waals surface area contributed by atoms with Gasteiger partial charge in [0.05, 0.1) is 0 Å². The largest absolute Gasteiger partial charge is 0.388 e. The normalized spacial score (nSPS) is 12.4. The minimum absolute atomic E-state index is 1.12. The summed E-state index contributed by atoms with van der Waals surface area (Å²) in [5.74, 6) is 0. The second kappa shape index (κ2) is 8.11. The Morgan fingerprint density at radius 1 is 0.941 bits per heavy atom. The molecule has 0 spiro atoms. The van der Waals surface area contributed by atoms with E-state index in [-0.39, 0.29) is 0 Å². The summed E-state index contributed by atoms with van der Waals surface area (Å²) < 4.78 is 0. The van der Waals surface area contributed by atoms with E-state index in [0.29, 0.717) is 0 Å². The predicted molar refractivity (Wildman–Crippen MR) is 77.7 cm³/mol. The molecule has 0 fully saturated rings. The molecule has 0 radical (unpaired) electrons. The molecule has 1 aromatic rings. The van der Waals surface area contributed by atoms with Crippen LogP contribution in [0.3, 0.4) is 0 Å². The van der Waals surface area contributed by atoms with Crippen LogP contribution in [0.15, 0.2) is 59.6 Å². The third kappa shape index (κ3) is 5.52. The van der Waals surface area contributed by atoms with Crippen LogP contribution >= 0.6 is 0 Å². The lowest BCUT2D eigenvalue weighted by Gasteiger charge is -1.98. The van der Waals surface area contributed by atoms with E-state index < -0.39 is 0 Å². The highest BCUT2D eigenvalue weighted by molar-refractivity contribution is 5.71. The molecule has 0 saturated carbocycles. The molecule has 88 valence electrons. The quantitative estimate of drug-likeness (QED) is 0.602. The molecule has 17 heavy (non-hydrogen) atoms. The first kappa shape index (κ1) is 13.0. The van der Waals surface area contributed by atoms with E-state index >= 15 is 0 Å². The molecule has 0 heterocycles. The van der Waals surface area contributed by atoms with Gasteiger partial charge in [-0.3, -0.25) is 4.99 Å². The smallest absolute Gasteiger partial charge is 0.0337 e. The van der Waals surface area contributed by atoms with Crippen LogP contribution in [-0.4, -0.2) is 20.3 Å². The molecule has 1 rings (SSSR count). The number of nitrogens with one attached hydrogen (secondary N) is 1. The number of hydrogen-bond donors (Lipinski definition) is 1. The van der Waals surface area contributed by atoms with Gasteiger partial charge < -0.3 is 5.32 Å². The number of nitrogens with zero attached hydrogens (tertiary/aromatic N) is 1. The summed E-state index contributed by atoms with van der Waals surface area (Å²) in [6.45, 7) is 0. The Balaban J connectivity index is 2.47. The van der Waals surface area contributed by atoms with Gasteiger partial charge in [0, 0.05) is 26.0 Å². The first-order valence-corrected chi connectivity index (χ1v) is 5.57. The van der Waals surface area contributed by atoms with Crippen molar-refractivity contribution < 1.29 is 0 Å². The molecule has 0 unspecified atom stereocenters. The van der Waals surface area contributed by atoms with E-state index in [4.69, 9.17) is 0 Å². The fourth-order valence-corrected chi connectivity index (χ4v) is 1.26. The van der Waals surface area contributed by atoms with Gasteiger partial charge in [-0.2, -0.15) is 0 Å². The minimum atomic E-state index is 1.12.